The molecule has 0 amide bonds. The standard InChI is InChI=1S/C30H46O5/c1-3-5-7-8-9-10-11-12-13-14-15-16-17-18-19-21-27(31)34-26-23-22-24-25(20-6-4-2)35-30(33)28(24)29(26)32/h9-10,12-13,20,26,29,32H,3-8,11,14-19,21-23H2,1-2H3/b10-9-,13-12-,25-20-/t26-,29-/m0/s1. The highest BCUT2D eigenvalue weighted by Crippen LogP contribution is 2.38. The van der Waals surface area contributed by atoms with Gasteiger partial charge in [-0.1, -0.05) is 76.7 Å². The Morgan fingerprint density at radius 3 is 2.34 bits per heavy atom. The molecule has 35 heavy (non-hydrogen) atoms. The van der Waals surface area contributed by atoms with Gasteiger partial charge in [0.1, 0.15) is 18.0 Å². The number of carbonyl (C=O) groups excluding carboxylic acids is 2. The topological polar surface area (TPSA) is 72.8 Å². The Morgan fingerprint density at radius 2 is 1.63 bits per heavy atom. The summed E-state index contributed by atoms with van der Waals surface area (Å²) in [5.74, 6) is -0.234. The van der Waals surface area contributed by atoms with Crippen molar-refractivity contribution in [2.75, 3.05) is 0 Å². The second-order valence-corrected chi connectivity index (χ2v) is 9.63. The summed E-state index contributed by atoms with van der Waals surface area (Å²) in [7, 11) is 0. The summed E-state index contributed by atoms with van der Waals surface area (Å²) in [4.78, 5) is 24.5. The van der Waals surface area contributed by atoms with Crippen molar-refractivity contribution in [2.24, 2.45) is 0 Å². The van der Waals surface area contributed by atoms with Gasteiger partial charge in [-0.2, -0.15) is 0 Å². The van der Waals surface area contributed by atoms with Gasteiger partial charge in [-0.3, -0.25) is 4.79 Å². The molecule has 0 radical (unpaired) electrons. The largest absolute Gasteiger partial charge is 0.459 e. The summed E-state index contributed by atoms with van der Waals surface area (Å²) >= 11 is 0. The molecule has 5 nitrogen and oxygen atoms in total. The zero-order chi connectivity index (χ0) is 25.3. The van der Waals surface area contributed by atoms with E-state index in [1.807, 2.05) is 6.08 Å². The Morgan fingerprint density at radius 1 is 0.943 bits per heavy atom. The molecule has 2 aliphatic rings. The van der Waals surface area contributed by atoms with Crippen molar-refractivity contribution in [2.45, 2.75) is 129 Å². The highest BCUT2D eigenvalue weighted by molar-refractivity contribution is 5.96. The molecule has 1 heterocycles. The first-order chi connectivity index (χ1) is 17.1. The normalized spacial score (nSPS) is 21.3. The van der Waals surface area contributed by atoms with Crippen LogP contribution in [0.5, 0.6) is 0 Å². The van der Waals surface area contributed by atoms with E-state index in [-0.39, 0.29) is 11.5 Å². The lowest BCUT2D eigenvalue weighted by molar-refractivity contribution is -0.156. The van der Waals surface area contributed by atoms with Gasteiger partial charge in [-0.15, -0.1) is 0 Å². The van der Waals surface area contributed by atoms with Gasteiger partial charge in [0.05, 0.1) is 5.57 Å². The maximum absolute atomic E-state index is 12.3. The Bertz CT molecular complexity index is 774. The van der Waals surface area contributed by atoms with Gasteiger partial charge < -0.3 is 14.6 Å². The third-order valence-corrected chi connectivity index (χ3v) is 6.60. The van der Waals surface area contributed by atoms with Crippen molar-refractivity contribution in [3.63, 3.8) is 0 Å². The van der Waals surface area contributed by atoms with Gasteiger partial charge in [0.2, 0.25) is 0 Å². The summed E-state index contributed by atoms with van der Waals surface area (Å²) in [5, 5.41) is 10.6. The summed E-state index contributed by atoms with van der Waals surface area (Å²) in [6.07, 6.45) is 24.9. The average Bonchev–Trinajstić information content (AvgIpc) is 3.17. The SMILES string of the molecule is CCC/C=C1\OC(=O)C2=C1CC[C@H](OC(=O)CCCCCCC/C=C\C/C=C\CCCCC)[C@@H]2O. The van der Waals surface area contributed by atoms with Crippen molar-refractivity contribution in [3.05, 3.63) is 47.3 Å². The van der Waals surface area contributed by atoms with E-state index in [1.54, 1.807) is 0 Å². The van der Waals surface area contributed by atoms with Gasteiger partial charge >= 0.3 is 11.9 Å². The molecule has 0 unspecified atom stereocenters. The number of aliphatic hydroxyl groups is 1. The molecule has 0 aromatic heterocycles. The quantitative estimate of drug-likeness (QED) is 0.132. The van der Waals surface area contributed by atoms with E-state index in [4.69, 9.17) is 9.47 Å². The van der Waals surface area contributed by atoms with Gasteiger partial charge in [-0.05, 0) is 63.9 Å². The first-order valence-electron chi connectivity index (χ1n) is 13.9. The minimum atomic E-state index is -1.10. The molecule has 196 valence electrons. The smallest absolute Gasteiger partial charge is 0.342 e. The number of allylic oxidation sites excluding steroid dienone is 6. The average molecular weight is 487 g/mol. The number of hydrogen-bond acceptors (Lipinski definition) is 5. The number of esters is 2. The number of hydrogen-bond donors (Lipinski definition) is 1. The van der Waals surface area contributed by atoms with E-state index >= 15 is 0 Å². The number of ether oxygens (including phenoxy) is 2. The lowest BCUT2D eigenvalue weighted by atomic mass is 9.87. The van der Waals surface area contributed by atoms with E-state index < -0.39 is 18.2 Å². The van der Waals surface area contributed by atoms with Crippen LogP contribution in [0.3, 0.4) is 0 Å². The van der Waals surface area contributed by atoms with Gasteiger partial charge in [-0.25, -0.2) is 4.79 Å². The lowest BCUT2D eigenvalue weighted by Crippen LogP contribution is -2.37. The van der Waals surface area contributed by atoms with Gasteiger partial charge in [0, 0.05) is 12.0 Å². The van der Waals surface area contributed by atoms with Crippen molar-refractivity contribution < 1.29 is 24.2 Å². The highest BCUT2D eigenvalue weighted by atomic mass is 16.6. The van der Waals surface area contributed by atoms with Gasteiger partial charge in [0.25, 0.3) is 0 Å². The van der Waals surface area contributed by atoms with E-state index in [1.165, 1.54) is 38.5 Å². The fourth-order valence-corrected chi connectivity index (χ4v) is 4.53. The van der Waals surface area contributed by atoms with Crippen molar-refractivity contribution in [1.82, 2.24) is 0 Å². The van der Waals surface area contributed by atoms with Crippen LogP contribution in [0.2, 0.25) is 0 Å². The number of carbonyl (C=O) groups is 2. The predicted octanol–water partition coefficient (Wildman–Crippen LogP) is 7.40. The van der Waals surface area contributed by atoms with Crippen LogP contribution in [-0.2, 0) is 19.1 Å². The van der Waals surface area contributed by atoms with Crippen molar-refractivity contribution >= 4 is 11.9 Å². The minimum Gasteiger partial charge on any atom is -0.459 e. The zero-order valence-corrected chi connectivity index (χ0v) is 21.9. The third-order valence-electron chi connectivity index (χ3n) is 6.60. The Hall–Kier alpha value is -2.14. The molecule has 1 aliphatic carbocycles. The van der Waals surface area contributed by atoms with E-state index in [0.29, 0.717) is 25.0 Å². The fraction of sp³-hybridized carbons (Fsp3) is 0.667. The maximum Gasteiger partial charge on any atom is 0.342 e. The molecule has 0 fully saturated rings. The van der Waals surface area contributed by atoms with Crippen LogP contribution >= 0.6 is 0 Å². The maximum atomic E-state index is 12.3. The third kappa shape index (κ3) is 10.6. The van der Waals surface area contributed by atoms with Gasteiger partial charge in [0.15, 0.2) is 0 Å². The zero-order valence-electron chi connectivity index (χ0n) is 21.9. The molecule has 1 N–H and O–H groups in total. The van der Waals surface area contributed by atoms with Crippen LogP contribution < -0.4 is 0 Å². The monoisotopic (exact) mass is 486 g/mol. The van der Waals surface area contributed by atoms with Crippen LogP contribution in [0.25, 0.3) is 0 Å². The summed E-state index contributed by atoms with van der Waals surface area (Å²) < 4.78 is 10.9. The number of rotatable bonds is 17. The molecule has 5 heteroatoms. The van der Waals surface area contributed by atoms with E-state index in [9.17, 15) is 14.7 Å². The van der Waals surface area contributed by atoms with Crippen molar-refractivity contribution in [1.29, 1.82) is 0 Å². The molecular formula is C30H46O5. The van der Waals surface area contributed by atoms with Crippen molar-refractivity contribution in [3.8, 4) is 0 Å². The van der Waals surface area contributed by atoms with Crippen LogP contribution in [0.1, 0.15) is 117 Å². The number of unbranched alkanes of at least 4 members (excludes halogenated alkanes) is 9. The Kier molecular flexibility index (Phi) is 14.4. The second kappa shape index (κ2) is 17.3. The molecule has 0 aromatic rings. The molecule has 2 atom stereocenters. The number of aliphatic hydroxyl groups excluding tert-OH is 1. The van der Waals surface area contributed by atoms with E-state index in [2.05, 4.69) is 38.2 Å². The molecule has 0 saturated heterocycles. The summed E-state index contributed by atoms with van der Waals surface area (Å²) in [6, 6.07) is 0. The van der Waals surface area contributed by atoms with Crippen LogP contribution in [0.4, 0.5) is 0 Å². The van der Waals surface area contributed by atoms with E-state index in [0.717, 1.165) is 50.5 Å². The lowest BCUT2D eigenvalue weighted by Gasteiger charge is -2.27. The predicted molar refractivity (Wildman–Crippen MR) is 141 cm³/mol. The Balaban J connectivity index is 1.54. The van der Waals surface area contributed by atoms with Crippen LogP contribution in [0, 0.1) is 0 Å². The molecule has 0 saturated carbocycles. The Labute approximate surface area is 212 Å². The molecule has 1 aliphatic heterocycles. The highest BCUT2D eigenvalue weighted by Gasteiger charge is 2.42. The van der Waals surface area contributed by atoms with Crippen LogP contribution in [0.15, 0.2) is 47.3 Å². The molecule has 0 spiro atoms. The second-order valence-electron chi connectivity index (χ2n) is 9.63. The minimum absolute atomic E-state index is 0.272. The fourth-order valence-electron chi connectivity index (χ4n) is 4.53. The first kappa shape index (κ1) is 29.1. The summed E-state index contributed by atoms with van der Waals surface area (Å²) in [6.45, 7) is 4.29. The molecular weight excluding hydrogens is 440 g/mol. The molecule has 0 bridgehead atoms. The summed E-state index contributed by atoms with van der Waals surface area (Å²) in [5.41, 5.74) is 1.05. The first-order valence-corrected chi connectivity index (χ1v) is 13.9. The molecule has 0 aromatic carbocycles. The number of cyclic esters (lactones) is 1. The van der Waals surface area contributed by atoms with Crippen LogP contribution in [-0.4, -0.2) is 29.3 Å². The molecule has 2 rings (SSSR count).